The first-order chi connectivity index (χ1) is 8.23. The van der Waals surface area contributed by atoms with Crippen molar-refractivity contribution in [2.24, 2.45) is 5.73 Å². The summed E-state index contributed by atoms with van der Waals surface area (Å²) in [5, 5.41) is 4.22. The van der Waals surface area contributed by atoms with Gasteiger partial charge in [0.2, 0.25) is 0 Å². The maximum Gasteiger partial charge on any atom is 0.138 e. The van der Waals surface area contributed by atoms with Crippen LogP contribution >= 0.6 is 0 Å². The minimum Gasteiger partial charge on any atom is -0.325 e. The van der Waals surface area contributed by atoms with Crippen LogP contribution in [-0.4, -0.2) is 20.3 Å². The third-order valence-corrected chi connectivity index (χ3v) is 3.85. The van der Waals surface area contributed by atoms with Crippen LogP contribution in [0.3, 0.4) is 0 Å². The van der Waals surface area contributed by atoms with Crippen molar-refractivity contribution in [1.29, 1.82) is 0 Å². The van der Waals surface area contributed by atoms with Crippen LogP contribution in [0.15, 0.2) is 6.33 Å². The summed E-state index contributed by atoms with van der Waals surface area (Å²) in [5.74, 6) is 1.05. The van der Waals surface area contributed by atoms with E-state index in [-0.39, 0.29) is 5.54 Å². The van der Waals surface area contributed by atoms with Crippen molar-refractivity contribution in [2.75, 3.05) is 0 Å². The monoisotopic (exact) mass is 236 g/mol. The van der Waals surface area contributed by atoms with Gasteiger partial charge in [-0.05, 0) is 19.8 Å². The van der Waals surface area contributed by atoms with Gasteiger partial charge >= 0.3 is 0 Å². The first-order valence-electron chi connectivity index (χ1n) is 6.89. The Morgan fingerprint density at radius 2 is 1.88 bits per heavy atom. The molecule has 0 saturated heterocycles. The average Bonchev–Trinajstić information content (AvgIpc) is 2.71. The quantitative estimate of drug-likeness (QED) is 0.876. The van der Waals surface area contributed by atoms with Crippen LogP contribution < -0.4 is 5.73 Å². The molecule has 1 fully saturated rings. The fourth-order valence-corrected chi connectivity index (χ4v) is 2.79. The molecule has 1 aliphatic carbocycles. The van der Waals surface area contributed by atoms with Crippen molar-refractivity contribution >= 4 is 0 Å². The minimum absolute atomic E-state index is 0.0552. The lowest BCUT2D eigenvalue weighted by Crippen LogP contribution is -2.43. The van der Waals surface area contributed by atoms with E-state index < -0.39 is 0 Å². The highest BCUT2D eigenvalue weighted by molar-refractivity contribution is 4.98. The van der Waals surface area contributed by atoms with E-state index in [1.807, 2.05) is 4.68 Å². The van der Waals surface area contributed by atoms with Crippen molar-refractivity contribution < 1.29 is 0 Å². The Balaban J connectivity index is 2.03. The van der Waals surface area contributed by atoms with E-state index in [0.717, 1.165) is 31.6 Å². The fourth-order valence-electron chi connectivity index (χ4n) is 2.79. The number of aromatic nitrogens is 3. The van der Waals surface area contributed by atoms with Gasteiger partial charge in [-0.1, -0.05) is 32.1 Å². The van der Waals surface area contributed by atoms with E-state index in [0.29, 0.717) is 0 Å². The molecule has 0 aliphatic heterocycles. The highest BCUT2D eigenvalue weighted by Gasteiger charge is 2.27. The summed E-state index contributed by atoms with van der Waals surface area (Å²) >= 11 is 0. The van der Waals surface area contributed by atoms with Gasteiger partial charge in [-0.25, -0.2) is 4.98 Å². The Labute approximate surface area is 104 Å². The van der Waals surface area contributed by atoms with Gasteiger partial charge in [-0.2, -0.15) is 5.10 Å². The normalized spacial score (nSPS) is 20.8. The van der Waals surface area contributed by atoms with Gasteiger partial charge in [-0.3, -0.25) is 4.68 Å². The lowest BCUT2D eigenvalue weighted by atomic mass is 9.82. The number of rotatable bonds is 3. The van der Waals surface area contributed by atoms with Crippen molar-refractivity contribution in [1.82, 2.24) is 14.8 Å². The molecule has 1 heterocycles. The lowest BCUT2D eigenvalue weighted by molar-refractivity contribution is 0.305. The zero-order chi connectivity index (χ0) is 12.1. The molecule has 0 atom stereocenters. The number of nitrogens with zero attached hydrogens (tertiary/aromatic N) is 3. The van der Waals surface area contributed by atoms with Crippen molar-refractivity contribution in [2.45, 2.75) is 70.4 Å². The predicted octanol–water partition coefficient (Wildman–Crippen LogP) is 2.28. The van der Waals surface area contributed by atoms with Crippen LogP contribution in [0.5, 0.6) is 0 Å². The molecule has 0 unspecified atom stereocenters. The van der Waals surface area contributed by atoms with Gasteiger partial charge in [0.05, 0.1) is 0 Å². The molecule has 1 aromatic rings. The number of aryl methyl sites for hydroxylation is 1. The summed E-state index contributed by atoms with van der Waals surface area (Å²) in [6.45, 7) is 2.98. The van der Waals surface area contributed by atoms with E-state index in [9.17, 15) is 0 Å². The molecule has 96 valence electrons. The average molecular weight is 236 g/mol. The molecular formula is C13H24N4. The molecular weight excluding hydrogens is 212 g/mol. The van der Waals surface area contributed by atoms with Gasteiger partial charge < -0.3 is 5.73 Å². The van der Waals surface area contributed by atoms with Crippen LogP contribution in [0.1, 0.15) is 57.7 Å². The molecule has 0 aromatic carbocycles. The largest absolute Gasteiger partial charge is 0.325 e. The lowest BCUT2D eigenvalue weighted by Gasteiger charge is -2.31. The summed E-state index contributed by atoms with van der Waals surface area (Å²) in [6, 6.07) is 0. The van der Waals surface area contributed by atoms with E-state index in [2.05, 4.69) is 17.0 Å². The SMILES string of the molecule is CCn1ncnc1CC1(N)CCCCCCC1. The summed E-state index contributed by atoms with van der Waals surface area (Å²) in [6.07, 6.45) is 11.3. The Kier molecular flexibility index (Phi) is 4.15. The summed E-state index contributed by atoms with van der Waals surface area (Å²) < 4.78 is 1.97. The Bertz CT molecular complexity index is 337. The van der Waals surface area contributed by atoms with E-state index in [1.54, 1.807) is 6.33 Å². The number of nitrogens with two attached hydrogens (primary N) is 1. The molecule has 1 aromatic heterocycles. The highest BCUT2D eigenvalue weighted by Crippen LogP contribution is 2.26. The fraction of sp³-hybridized carbons (Fsp3) is 0.846. The van der Waals surface area contributed by atoms with E-state index in [4.69, 9.17) is 5.73 Å². The van der Waals surface area contributed by atoms with Crippen LogP contribution in [0.25, 0.3) is 0 Å². The molecule has 4 nitrogen and oxygen atoms in total. The molecule has 0 bridgehead atoms. The molecule has 1 saturated carbocycles. The molecule has 17 heavy (non-hydrogen) atoms. The van der Waals surface area contributed by atoms with Crippen molar-refractivity contribution in [3.63, 3.8) is 0 Å². The molecule has 4 heteroatoms. The maximum absolute atomic E-state index is 6.56. The van der Waals surface area contributed by atoms with E-state index >= 15 is 0 Å². The van der Waals surface area contributed by atoms with Gasteiger partial charge in [0.25, 0.3) is 0 Å². The number of hydrogen-bond acceptors (Lipinski definition) is 3. The highest BCUT2D eigenvalue weighted by atomic mass is 15.3. The second kappa shape index (κ2) is 5.63. The third-order valence-electron chi connectivity index (χ3n) is 3.85. The number of hydrogen-bond donors (Lipinski definition) is 1. The molecule has 0 radical (unpaired) electrons. The first-order valence-corrected chi connectivity index (χ1v) is 6.89. The predicted molar refractivity (Wildman–Crippen MR) is 68.6 cm³/mol. The summed E-state index contributed by atoms with van der Waals surface area (Å²) in [5.41, 5.74) is 6.51. The van der Waals surface area contributed by atoms with Crippen molar-refractivity contribution in [3.05, 3.63) is 12.2 Å². The zero-order valence-electron chi connectivity index (χ0n) is 10.9. The van der Waals surface area contributed by atoms with Gasteiger partial charge in [0.15, 0.2) is 0 Å². The van der Waals surface area contributed by atoms with Gasteiger partial charge in [0, 0.05) is 18.5 Å². The van der Waals surface area contributed by atoms with Crippen LogP contribution in [0, 0.1) is 0 Å². The Morgan fingerprint density at radius 3 is 2.53 bits per heavy atom. The molecule has 2 rings (SSSR count). The topological polar surface area (TPSA) is 56.7 Å². The summed E-state index contributed by atoms with van der Waals surface area (Å²) in [7, 11) is 0. The Hall–Kier alpha value is -0.900. The molecule has 0 spiro atoms. The van der Waals surface area contributed by atoms with Gasteiger partial charge in [-0.15, -0.1) is 0 Å². The minimum atomic E-state index is -0.0552. The molecule has 0 amide bonds. The molecule has 2 N–H and O–H groups in total. The van der Waals surface area contributed by atoms with Crippen molar-refractivity contribution in [3.8, 4) is 0 Å². The molecule has 1 aliphatic rings. The summed E-state index contributed by atoms with van der Waals surface area (Å²) in [4.78, 5) is 4.35. The van der Waals surface area contributed by atoms with Crippen LogP contribution in [0.4, 0.5) is 0 Å². The first kappa shape index (κ1) is 12.6. The Morgan fingerprint density at radius 1 is 1.24 bits per heavy atom. The third kappa shape index (κ3) is 3.28. The van der Waals surface area contributed by atoms with Crippen LogP contribution in [0.2, 0.25) is 0 Å². The maximum atomic E-state index is 6.56. The van der Waals surface area contributed by atoms with Crippen LogP contribution in [-0.2, 0) is 13.0 Å². The second-order valence-electron chi connectivity index (χ2n) is 5.30. The van der Waals surface area contributed by atoms with Gasteiger partial charge in [0.1, 0.15) is 12.2 Å². The zero-order valence-corrected chi connectivity index (χ0v) is 10.9. The smallest absolute Gasteiger partial charge is 0.138 e. The standard InChI is InChI=1S/C13H24N4/c1-2-17-12(15-11-16-17)10-13(14)8-6-4-3-5-7-9-13/h11H,2-10,14H2,1H3. The second-order valence-corrected chi connectivity index (χ2v) is 5.30. The van der Waals surface area contributed by atoms with E-state index in [1.165, 1.54) is 32.1 Å².